The fourth-order valence-electron chi connectivity index (χ4n) is 2.93. The third kappa shape index (κ3) is 3.49. The van der Waals surface area contributed by atoms with Gasteiger partial charge in [0.2, 0.25) is 5.91 Å². The van der Waals surface area contributed by atoms with E-state index in [0.717, 1.165) is 37.5 Å². The smallest absolute Gasteiger partial charge is 0.250 e. The Hall–Kier alpha value is -2.44. The van der Waals surface area contributed by atoms with Crippen molar-refractivity contribution in [3.8, 4) is 0 Å². The van der Waals surface area contributed by atoms with E-state index in [9.17, 15) is 9.59 Å². The van der Waals surface area contributed by atoms with Gasteiger partial charge in [-0.25, -0.2) is 0 Å². The first-order valence-electron chi connectivity index (χ1n) is 8.02. The van der Waals surface area contributed by atoms with Gasteiger partial charge in [-0.3, -0.25) is 9.59 Å². The van der Waals surface area contributed by atoms with Crippen LogP contribution in [0.1, 0.15) is 43.9 Å². The molecule has 0 saturated carbocycles. The van der Waals surface area contributed by atoms with Crippen molar-refractivity contribution < 1.29 is 4.79 Å². The second-order valence-electron chi connectivity index (χ2n) is 5.89. The molecule has 3 heterocycles. The summed E-state index contributed by atoms with van der Waals surface area (Å²) in [5.41, 5.74) is -0.188. The third-order valence-electron chi connectivity index (χ3n) is 4.12. The van der Waals surface area contributed by atoms with E-state index in [1.807, 2.05) is 6.92 Å². The summed E-state index contributed by atoms with van der Waals surface area (Å²) in [5, 5.41) is 11.4. The summed E-state index contributed by atoms with van der Waals surface area (Å²) in [6.07, 6.45) is 5.98. The zero-order valence-electron chi connectivity index (χ0n) is 13.2. The average Bonchev–Trinajstić information content (AvgIpc) is 2.79. The Bertz CT molecular complexity index is 749. The summed E-state index contributed by atoms with van der Waals surface area (Å²) < 4.78 is 3.50. The number of carbonyl (C=O) groups is 1. The lowest BCUT2D eigenvalue weighted by Gasteiger charge is -2.15. The number of nitrogens with one attached hydrogen (secondary N) is 1. The maximum atomic E-state index is 12.2. The number of carbonyl (C=O) groups excluding carboxylic acids is 1. The largest absolute Gasteiger partial charge is 0.345 e. The summed E-state index contributed by atoms with van der Waals surface area (Å²) in [7, 11) is 0. The van der Waals surface area contributed by atoms with Crippen molar-refractivity contribution in [3.63, 3.8) is 0 Å². The fraction of sp³-hybridized carbons (Fsp3) is 0.500. The molecule has 0 radical (unpaired) electrons. The van der Waals surface area contributed by atoms with Crippen LogP contribution in [0.3, 0.4) is 0 Å². The molecule has 23 heavy (non-hydrogen) atoms. The molecule has 0 saturated heterocycles. The molecular formula is C16H21N5O2. The van der Waals surface area contributed by atoms with Crippen molar-refractivity contribution in [2.75, 3.05) is 0 Å². The minimum absolute atomic E-state index is 0.00497. The van der Waals surface area contributed by atoms with Gasteiger partial charge < -0.3 is 14.5 Å². The van der Waals surface area contributed by atoms with E-state index >= 15 is 0 Å². The summed E-state index contributed by atoms with van der Waals surface area (Å²) in [6, 6.07) is 4.59. The van der Waals surface area contributed by atoms with E-state index in [4.69, 9.17) is 0 Å². The number of aryl methyl sites for hydroxylation is 1. The monoisotopic (exact) mass is 315 g/mol. The summed E-state index contributed by atoms with van der Waals surface area (Å²) in [5.74, 6) is 1.57. The number of hydrogen-bond donors (Lipinski definition) is 1. The molecule has 1 unspecified atom stereocenters. The van der Waals surface area contributed by atoms with Crippen LogP contribution in [0.15, 0.2) is 29.2 Å². The Balaban J connectivity index is 1.68. The van der Waals surface area contributed by atoms with Crippen molar-refractivity contribution in [2.45, 2.75) is 51.7 Å². The third-order valence-corrected chi connectivity index (χ3v) is 4.12. The number of hydrogen-bond acceptors (Lipinski definition) is 4. The quantitative estimate of drug-likeness (QED) is 0.914. The van der Waals surface area contributed by atoms with Crippen LogP contribution in [0.25, 0.3) is 0 Å². The van der Waals surface area contributed by atoms with Crippen LogP contribution in [-0.4, -0.2) is 25.2 Å². The fourth-order valence-corrected chi connectivity index (χ4v) is 2.93. The Morgan fingerprint density at radius 3 is 3.00 bits per heavy atom. The standard InChI is InChI=1S/C16H21N5O2/c1-12(16-19-18-13-7-3-2-5-10-21(13)16)17-14(22)11-20-9-6-4-8-15(20)23/h4,6,8-9,12H,2-3,5,7,10-11H2,1H3,(H,17,22). The molecule has 1 N–H and O–H groups in total. The molecule has 1 amide bonds. The summed E-state index contributed by atoms with van der Waals surface area (Å²) >= 11 is 0. The predicted octanol–water partition coefficient (Wildman–Crippen LogP) is 1.04. The van der Waals surface area contributed by atoms with Crippen molar-refractivity contribution in [2.24, 2.45) is 0 Å². The van der Waals surface area contributed by atoms with Gasteiger partial charge >= 0.3 is 0 Å². The average molecular weight is 315 g/mol. The van der Waals surface area contributed by atoms with E-state index in [-0.39, 0.29) is 24.1 Å². The van der Waals surface area contributed by atoms with Gasteiger partial charge in [-0.1, -0.05) is 12.5 Å². The van der Waals surface area contributed by atoms with Gasteiger partial charge in [0, 0.05) is 25.2 Å². The molecule has 7 heteroatoms. The van der Waals surface area contributed by atoms with Gasteiger partial charge in [0.05, 0.1) is 6.04 Å². The lowest BCUT2D eigenvalue weighted by molar-refractivity contribution is -0.122. The molecule has 0 bridgehead atoms. The van der Waals surface area contributed by atoms with Crippen LogP contribution < -0.4 is 10.9 Å². The Morgan fingerprint density at radius 2 is 2.17 bits per heavy atom. The maximum Gasteiger partial charge on any atom is 0.250 e. The number of amides is 1. The molecule has 0 fully saturated rings. The van der Waals surface area contributed by atoms with E-state index in [1.165, 1.54) is 17.1 Å². The number of fused-ring (bicyclic) bond motifs is 1. The Morgan fingerprint density at radius 1 is 1.30 bits per heavy atom. The molecule has 1 atom stereocenters. The molecule has 3 rings (SSSR count). The van der Waals surface area contributed by atoms with Crippen molar-refractivity contribution in [1.82, 2.24) is 24.6 Å². The predicted molar refractivity (Wildman–Crippen MR) is 84.8 cm³/mol. The summed E-state index contributed by atoms with van der Waals surface area (Å²) in [6.45, 7) is 2.80. The number of nitrogens with zero attached hydrogens (tertiary/aromatic N) is 4. The minimum atomic E-state index is -0.235. The first kappa shape index (κ1) is 15.5. The highest BCUT2D eigenvalue weighted by Gasteiger charge is 2.20. The van der Waals surface area contributed by atoms with Crippen LogP contribution in [0.5, 0.6) is 0 Å². The Labute approximate surface area is 134 Å². The molecule has 0 aliphatic carbocycles. The van der Waals surface area contributed by atoms with Gasteiger partial charge in [0.1, 0.15) is 12.4 Å². The number of aromatic nitrogens is 4. The van der Waals surface area contributed by atoms with Gasteiger partial charge in [0.25, 0.3) is 5.56 Å². The molecule has 0 spiro atoms. The molecule has 1 aliphatic rings. The van der Waals surface area contributed by atoms with E-state index < -0.39 is 0 Å². The van der Waals surface area contributed by atoms with Crippen LogP contribution >= 0.6 is 0 Å². The maximum absolute atomic E-state index is 12.2. The highest BCUT2D eigenvalue weighted by Crippen LogP contribution is 2.18. The van der Waals surface area contributed by atoms with Crippen LogP contribution in [-0.2, 0) is 24.3 Å². The molecule has 0 aromatic carbocycles. The lowest BCUT2D eigenvalue weighted by Crippen LogP contribution is -2.34. The van der Waals surface area contributed by atoms with Gasteiger partial charge in [-0.05, 0) is 25.8 Å². The molecule has 2 aromatic rings. The highest BCUT2D eigenvalue weighted by atomic mass is 16.2. The van der Waals surface area contributed by atoms with E-state index in [0.29, 0.717) is 0 Å². The van der Waals surface area contributed by atoms with Gasteiger partial charge in [0.15, 0.2) is 5.82 Å². The zero-order valence-corrected chi connectivity index (χ0v) is 13.2. The van der Waals surface area contributed by atoms with Gasteiger partial charge in [-0.15, -0.1) is 10.2 Å². The molecular weight excluding hydrogens is 294 g/mol. The topological polar surface area (TPSA) is 81.8 Å². The second-order valence-corrected chi connectivity index (χ2v) is 5.89. The van der Waals surface area contributed by atoms with Crippen molar-refractivity contribution in [3.05, 3.63) is 46.4 Å². The number of pyridine rings is 1. The van der Waals surface area contributed by atoms with Crippen LogP contribution in [0.2, 0.25) is 0 Å². The first-order valence-corrected chi connectivity index (χ1v) is 8.02. The van der Waals surface area contributed by atoms with Crippen LogP contribution in [0, 0.1) is 0 Å². The lowest BCUT2D eigenvalue weighted by atomic mass is 10.2. The minimum Gasteiger partial charge on any atom is -0.345 e. The van der Waals surface area contributed by atoms with Gasteiger partial charge in [-0.2, -0.15) is 0 Å². The second kappa shape index (κ2) is 6.76. The van der Waals surface area contributed by atoms with Crippen LogP contribution in [0.4, 0.5) is 0 Å². The van der Waals surface area contributed by atoms with Crippen molar-refractivity contribution >= 4 is 5.91 Å². The molecule has 7 nitrogen and oxygen atoms in total. The van der Waals surface area contributed by atoms with Crippen molar-refractivity contribution in [1.29, 1.82) is 0 Å². The molecule has 2 aromatic heterocycles. The normalized spacial score (nSPS) is 15.5. The highest BCUT2D eigenvalue weighted by molar-refractivity contribution is 5.76. The van der Waals surface area contributed by atoms with E-state index in [1.54, 1.807) is 18.3 Å². The zero-order chi connectivity index (χ0) is 16.2. The molecule has 122 valence electrons. The Kier molecular flexibility index (Phi) is 4.55. The SMILES string of the molecule is CC(NC(=O)Cn1ccccc1=O)c1nnc2n1CCCCC2. The number of rotatable bonds is 4. The first-order chi connectivity index (χ1) is 11.1. The molecule has 1 aliphatic heterocycles. The van der Waals surface area contributed by atoms with E-state index in [2.05, 4.69) is 20.1 Å². The summed E-state index contributed by atoms with van der Waals surface area (Å²) in [4.78, 5) is 23.8.